The van der Waals surface area contributed by atoms with Crippen molar-refractivity contribution in [2.45, 2.75) is 50.7 Å². The van der Waals surface area contributed by atoms with Gasteiger partial charge >= 0.3 is 0 Å². The van der Waals surface area contributed by atoms with E-state index in [4.69, 9.17) is 16.6 Å². The second-order valence-electron chi connectivity index (χ2n) is 13.0. The summed E-state index contributed by atoms with van der Waals surface area (Å²) in [5.41, 5.74) is 6.98. The molecule has 0 bridgehead atoms. The van der Waals surface area contributed by atoms with Gasteiger partial charge < -0.3 is 19.8 Å². The number of hydrogen-bond donors (Lipinski definition) is 2. The van der Waals surface area contributed by atoms with E-state index in [1.54, 1.807) is 6.92 Å². The maximum Gasteiger partial charge on any atom is 0.245 e. The van der Waals surface area contributed by atoms with Crippen LogP contribution in [0.4, 0.5) is 0 Å². The molecule has 10 heteroatoms. The maximum absolute atomic E-state index is 13.9. The lowest BCUT2D eigenvalue weighted by Crippen LogP contribution is -2.40. The molecule has 0 spiro atoms. The second kappa shape index (κ2) is 13.4. The van der Waals surface area contributed by atoms with Gasteiger partial charge in [-0.3, -0.25) is 14.5 Å². The number of likely N-dealkylation sites (N-methyl/N-ethyl adjacent to an activating group) is 1. The summed E-state index contributed by atoms with van der Waals surface area (Å²) in [7, 11) is 3.83. The molecule has 0 aliphatic carbocycles. The predicted molar refractivity (Wildman–Crippen MR) is 188 cm³/mol. The first-order valence-corrected chi connectivity index (χ1v) is 17.0. The number of hydrogen-bond acceptors (Lipinski definition) is 5. The topological polar surface area (TPSA) is 101 Å². The van der Waals surface area contributed by atoms with E-state index in [2.05, 4.69) is 63.5 Å². The van der Waals surface area contributed by atoms with E-state index < -0.39 is 6.04 Å². The third-order valence-corrected chi connectivity index (χ3v) is 10.0. The lowest BCUT2D eigenvalue weighted by molar-refractivity contribution is -0.137. The Hall–Kier alpha value is -4.73. The molecule has 9 nitrogen and oxygen atoms in total. The lowest BCUT2D eigenvalue weighted by Gasteiger charge is -2.32. The van der Waals surface area contributed by atoms with Crippen LogP contribution in [0.1, 0.15) is 67.9 Å². The number of imidazole rings is 2. The zero-order valence-corrected chi connectivity index (χ0v) is 28.2. The summed E-state index contributed by atoms with van der Waals surface area (Å²) in [5, 5.41) is 0.592. The number of aromatic nitrogens is 4. The zero-order chi connectivity index (χ0) is 33.4. The van der Waals surface area contributed by atoms with Crippen LogP contribution < -0.4 is 0 Å². The average Bonchev–Trinajstić information content (AvgIpc) is 3.92. The molecule has 2 N–H and O–H groups in total. The van der Waals surface area contributed by atoms with Gasteiger partial charge in [0.2, 0.25) is 11.8 Å². The summed E-state index contributed by atoms with van der Waals surface area (Å²) < 4.78 is 0. The summed E-state index contributed by atoms with van der Waals surface area (Å²) in [6, 6.07) is 23.9. The van der Waals surface area contributed by atoms with Crippen molar-refractivity contribution >= 4 is 23.4 Å². The van der Waals surface area contributed by atoms with Gasteiger partial charge in [-0.1, -0.05) is 78.3 Å². The molecule has 2 amide bonds. The van der Waals surface area contributed by atoms with Crippen molar-refractivity contribution in [1.82, 2.24) is 34.6 Å². The van der Waals surface area contributed by atoms with Crippen LogP contribution in [0.5, 0.6) is 0 Å². The SMILES string of the molecule is CC(=O)N1CCC[C@H]1c1ncc(-c2ccc(-c3ccc(-c4cnc([C@@H]5CCCN5C(=O)[C@@H](c5ccccc5Cl)N(C)C)[nH]4)cc3)cc2)[nH]1. The van der Waals surface area contributed by atoms with Crippen LogP contribution in [0.3, 0.4) is 0 Å². The third-order valence-electron chi connectivity index (χ3n) is 9.69. The fourth-order valence-electron chi connectivity index (χ4n) is 7.22. The number of likely N-dealkylation sites (tertiary alicyclic amines) is 2. The van der Waals surface area contributed by atoms with Crippen molar-refractivity contribution in [1.29, 1.82) is 0 Å². The number of amides is 2. The summed E-state index contributed by atoms with van der Waals surface area (Å²) in [4.78, 5) is 48.0. The number of carbonyl (C=O) groups is 2. The van der Waals surface area contributed by atoms with Crippen LogP contribution in [-0.2, 0) is 9.59 Å². The zero-order valence-electron chi connectivity index (χ0n) is 27.5. The molecule has 3 atom stereocenters. The highest BCUT2D eigenvalue weighted by Gasteiger charge is 2.37. The molecule has 2 aliphatic rings. The number of halogens is 1. The molecule has 7 rings (SSSR count). The molecule has 0 saturated carbocycles. The molecule has 2 fully saturated rings. The molecule has 48 heavy (non-hydrogen) atoms. The Kier molecular flexibility index (Phi) is 8.90. The van der Waals surface area contributed by atoms with Gasteiger partial charge in [0.25, 0.3) is 0 Å². The molecule has 2 aliphatic heterocycles. The Labute approximate surface area is 286 Å². The molecule has 2 saturated heterocycles. The number of carbonyl (C=O) groups excluding carboxylic acids is 2. The summed E-state index contributed by atoms with van der Waals surface area (Å²) in [5.74, 6) is 1.78. The van der Waals surface area contributed by atoms with Crippen LogP contribution in [0.2, 0.25) is 5.02 Å². The highest BCUT2D eigenvalue weighted by atomic mass is 35.5. The van der Waals surface area contributed by atoms with Gasteiger partial charge in [0.15, 0.2) is 0 Å². The number of aromatic amines is 2. The van der Waals surface area contributed by atoms with Crippen LogP contribution in [-0.4, -0.2) is 73.6 Å². The van der Waals surface area contributed by atoms with Crippen molar-refractivity contribution < 1.29 is 9.59 Å². The van der Waals surface area contributed by atoms with E-state index in [0.717, 1.165) is 83.1 Å². The lowest BCUT2D eigenvalue weighted by atomic mass is 10.0. The van der Waals surface area contributed by atoms with Crippen molar-refractivity contribution in [2.75, 3.05) is 27.2 Å². The fourth-order valence-corrected chi connectivity index (χ4v) is 7.46. The molecule has 0 unspecified atom stereocenters. The first-order chi connectivity index (χ1) is 23.3. The minimum Gasteiger partial charge on any atom is -0.340 e. The predicted octanol–water partition coefficient (Wildman–Crippen LogP) is 7.44. The largest absolute Gasteiger partial charge is 0.340 e. The van der Waals surface area contributed by atoms with E-state index in [-0.39, 0.29) is 23.9 Å². The van der Waals surface area contributed by atoms with Crippen LogP contribution >= 0.6 is 11.6 Å². The Bertz CT molecular complexity index is 1910. The van der Waals surface area contributed by atoms with E-state index in [1.165, 1.54) is 0 Å². The quantitative estimate of drug-likeness (QED) is 0.180. The van der Waals surface area contributed by atoms with Crippen molar-refractivity contribution in [3.63, 3.8) is 0 Å². The van der Waals surface area contributed by atoms with Gasteiger partial charge in [0.1, 0.15) is 17.7 Å². The van der Waals surface area contributed by atoms with Crippen molar-refractivity contribution in [3.8, 4) is 33.6 Å². The molecular formula is C38H40ClN7O2. The second-order valence-corrected chi connectivity index (χ2v) is 13.4. The first kappa shape index (κ1) is 31.8. The number of H-pyrrole nitrogens is 2. The molecular weight excluding hydrogens is 622 g/mol. The van der Waals surface area contributed by atoms with Gasteiger partial charge in [-0.15, -0.1) is 0 Å². The van der Waals surface area contributed by atoms with Gasteiger partial charge in [0, 0.05) is 25.0 Å². The Morgan fingerprint density at radius 2 is 1.23 bits per heavy atom. The summed E-state index contributed by atoms with van der Waals surface area (Å²) >= 11 is 6.52. The van der Waals surface area contributed by atoms with Crippen LogP contribution in [0.25, 0.3) is 33.6 Å². The van der Waals surface area contributed by atoms with Crippen molar-refractivity contribution in [2.24, 2.45) is 0 Å². The van der Waals surface area contributed by atoms with Gasteiger partial charge in [-0.2, -0.15) is 0 Å². The fraction of sp³-hybridized carbons (Fsp3) is 0.316. The minimum absolute atomic E-state index is 0.0225. The van der Waals surface area contributed by atoms with E-state index in [1.807, 2.05) is 65.5 Å². The molecule has 3 aromatic carbocycles. The maximum atomic E-state index is 13.9. The van der Waals surface area contributed by atoms with Crippen molar-refractivity contribution in [3.05, 3.63) is 107 Å². The monoisotopic (exact) mass is 661 g/mol. The molecule has 4 heterocycles. The molecule has 5 aromatic rings. The Balaban J connectivity index is 1.04. The Morgan fingerprint density at radius 1 is 0.750 bits per heavy atom. The molecule has 2 aromatic heterocycles. The van der Waals surface area contributed by atoms with E-state index >= 15 is 0 Å². The number of nitrogens with zero attached hydrogens (tertiary/aromatic N) is 5. The molecule has 0 radical (unpaired) electrons. The number of benzene rings is 3. The minimum atomic E-state index is -0.470. The average molecular weight is 662 g/mol. The summed E-state index contributed by atoms with van der Waals surface area (Å²) in [6.45, 7) is 3.09. The number of nitrogens with one attached hydrogen (secondary N) is 2. The van der Waals surface area contributed by atoms with Gasteiger partial charge in [-0.25, -0.2) is 9.97 Å². The van der Waals surface area contributed by atoms with Gasteiger partial charge in [0.05, 0.1) is 35.9 Å². The highest BCUT2D eigenvalue weighted by Crippen LogP contribution is 2.37. The van der Waals surface area contributed by atoms with Crippen LogP contribution in [0, 0.1) is 0 Å². The van der Waals surface area contributed by atoms with Crippen LogP contribution in [0.15, 0.2) is 85.2 Å². The first-order valence-electron chi connectivity index (χ1n) is 16.6. The Morgan fingerprint density at radius 3 is 1.73 bits per heavy atom. The third kappa shape index (κ3) is 6.16. The summed E-state index contributed by atoms with van der Waals surface area (Å²) in [6.07, 6.45) is 7.42. The van der Waals surface area contributed by atoms with E-state index in [9.17, 15) is 9.59 Å². The molecule has 246 valence electrons. The van der Waals surface area contributed by atoms with Gasteiger partial charge in [-0.05, 0) is 73.7 Å². The van der Waals surface area contributed by atoms with E-state index in [0.29, 0.717) is 11.6 Å². The normalized spacial score (nSPS) is 18.5. The smallest absolute Gasteiger partial charge is 0.245 e. The standard InChI is InChI=1S/C38H40ClN7O2/c1-24(47)45-20-6-10-33(45)36-40-22-31(42-36)27-16-12-25(13-17-27)26-14-18-28(19-15-26)32-23-41-37(43-32)34-11-7-21-46(34)38(48)35(44(2)3)29-8-4-5-9-30(29)39/h4-5,8-9,12-19,22-23,33-35H,6-7,10-11,20-21H2,1-3H3,(H,40,42)(H,41,43)/t33-,34-,35+/m0/s1. The highest BCUT2D eigenvalue weighted by molar-refractivity contribution is 6.31. The number of rotatable bonds is 8.